The van der Waals surface area contributed by atoms with Gasteiger partial charge >= 0.3 is 5.91 Å². The Kier molecular flexibility index (Phi) is 4.30. The fourth-order valence-corrected chi connectivity index (χ4v) is 1.73. The lowest BCUT2D eigenvalue weighted by atomic mass is 10.1. The molecule has 2 atom stereocenters. The molecule has 1 aromatic carbocycles. The predicted octanol–water partition coefficient (Wildman–Crippen LogP) is 0.521. The molecule has 0 aromatic heterocycles. The van der Waals surface area contributed by atoms with E-state index in [1.165, 1.54) is 0 Å². The van der Waals surface area contributed by atoms with Crippen molar-refractivity contribution >= 4 is 5.91 Å². The minimum absolute atomic E-state index is 0.279. The third-order valence-electron chi connectivity index (χ3n) is 2.77. The molecule has 0 radical (unpaired) electrons. The van der Waals surface area contributed by atoms with Gasteiger partial charge in [-0.05, 0) is 25.1 Å². The van der Waals surface area contributed by atoms with E-state index in [0.29, 0.717) is 18.5 Å². The zero-order valence-electron chi connectivity index (χ0n) is 9.86. The van der Waals surface area contributed by atoms with E-state index in [1.54, 1.807) is 24.3 Å². The van der Waals surface area contributed by atoms with Crippen molar-refractivity contribution in [3.05, 3.63) is 35.9 Å². The highest BCUT2D eigenvalue weighted by Crippen LogP contribution is 2.06. The summed E-state index contributed by atoms with van der Waals surface area (Å²) in [5.74, 6) is -0.428. The van der Waals surface area contributed by atoms with Crippen LogP contribution in [0.3, 0.4) is 0 Å². The van der Waals surface area contributed by atoms with E-state index in [-0.39, 0.29) is 6.04 Å². The number of hydrogen-bond donors (Lipinski definition) is 2. The smallest absolute Gasteiger partial charge is 0.360 e. The van der Waals surface area contributed by atoms with Crippen LogP contribution in [0.15, 0.2) is 40.6 Å². The largest absolute Gasteiger partial charge is 0.389 e. The Hall–Kier alpha value is -1.88. The Morgan fingerprint density at radius 2 is 2.17 bits per heavy atom. The van der Waals surface area contributed by atoms with Crippen LogP contribution in [0.5, 0.6) is 0 Å². The highest BCUT2D eigenvalue weighted by molar-refractivity contribution is 5.94. The van der Waals surface area contributed by atoms with Gasteiger partial charge in [0, 0.05) is 12.1 Å². The predicted molar refractivity (Wildman–Crippen MR) is 65.0 cm³/mol. The maximum absolute atomic E-state index is 11.6. The Balaban J connectivity index is 2.00. The zero-order valence-corrected chi connectivity index (χ0v) is 9.86. The lowest BCUT2D eigenvalue weighted by Gasteiger charge is -2.20. The number of nitrogens with zero attached hydrogens (tertiary/aromatic N) is 3. The highest BCUT2D eigenvalue weighted by Gasteiger charge is 2.26. The van der Waals surface area contributed by atoms with Crippen LogP contribution in [0.25, 0.3) is 0 Å². The van der Waals surface area contributed by atoms with Crippen molar-refractivity contribution in [1.82, 2.24) is 10.2 Å². The standard InChI is InChI=1S/C12H15N4O2/c17-11-8-13-7-6-10(11)14-16-15-12(18)9-4-2-1-3-5-9/h1-5,10-11,13,17H,6-8H2/q+1. The number of hydrogen-bond acceptors (Lipinski definition) is 4. The number of carbonyl (C=O) groups excluding carboxylic acids is 1. The zero-order chi connectivity index (χ0) is 12.8. The van der Waals surface area contributed by atoms with Gasteiger partial charge in [0.25, 0.3) is 0 Å². The summed E-state index contributed by atoms with van der Waals surface area (Å²) in [6.45, 7) is 1.28. The van der Waals surface area contributed by atoms with E-state index >= 15 is 0 Å². The molecule has 0 saturated carbocycles. The maximum atomic E-state index is 11.6. The second kappa shape index (κ2) is 6.16. The third kappa shape index (κ3) is 3.30. The number of nitrogens with one attached hydrogen (secondary N) is 1. The van der Waals surface area contributed by atoms with Crippen LogP contribution in [0.1, 0.15) is 16.8 Å². The van der Waals surface area contributed by atoms with E-state index < -0.39 is 12.0 Å². The van der Waals surface area contributed by atoms with Gasteiger partial charge in [0.2, 0.25) is 10.0 Å². The average molecular weight is 247 g/mol. The fraction of sp³-hybridized carbons (Fsp3) is 0.417. The van der Waals surface area contributed by atoms with E-state index in [4.69, 9.17) is 0 Å². The first-order valence-electron chi connectivity index (χ1n) is 5.86. The minimum atomic E-state index is -0.565. The molecule has 1 fully saturated rings. The quantitative estimate of drug-likeness (QED) is 0.590. The summed E-state index contributed by atoms with van der Waals surface area (Å²) >= 11 is 0. The number of benzene rings is 1. The summed E-state index contributed by atoms with van der Waals surface area (Å²) < 4.78 is 0. The van der Waals surface area contributed by atoms with Crippen molar-refractivity contribution in [1.29, 1.82) is 0 Å². The normalized spacial score (nSPS) is 22.9. The van der Waals surface area contributed by atoms with Crippen molar-refractivity contribution in [2.24, 2.45) is 10.2 Å². The van der Waals surface area contributed by atoms with Crippen LogP contribution in [0.4, 0.5) is 0 Å². The second-order valence-corrected chi connectivity index (χ2v) is 4.10. The van der Waals surface area contributed by atoms with Gasteiger partial charge in [-0.1, -0.05) is 18.2 Å². The van der Waals surface area contributed by atoms with Crippen LogP contribution in [0, 0.1) is 0 Å². The molecule has 0 bridgehead atoms. The molecule has 2 rings (SSSR count). The first kappa shape index (κ1) is 12.6. The van der Waals surface area contributed by atoms with Crippen molar-refractivity contribution < 1.29 is 9.90 Å². The van der Waals surface area contributed by atoms with E-state index in [2.05, 4.69) is 20.5 Å². The molecule has 0 aliphatic carbocycles. The minimum Gasteiger partial charge on any atom is -0.389 e. The molecule has 1 aromatic rings. The van der Waals surface area contributed by atoms with E-state index in [9.17, 15) is 9.90 Å². The van der Waals surface area contributed by atoms with Crippen LogP contribution >= 0.6 is 0 Å². The molecule has 2 N–H and O–H groups in total. The first-order chi connectivity index (χ1) is 8.77. The van der Waals surface area contributed by atoms with Gasteiger partial charge in [-0.2, -0.15) is 0 Å². The second-order valence-electron chi connectivity index (χ2n) is 4.10. The number of amides is 1. The number of piperidine rings is 1. The number of aliphatic hydroxyl groups excluding tert-OH is 1. The Bertz CT molecular complexity index is 468. The maximum Gasteiger partial charge on any atom is 0.360 e. The molecule has 94 valence electrons. The molecule has 1 aliphatic rings. The van der Waals surface area contributed by atoms with Crippen LogP contribution in [-0.2, 0) is 0 Å². The molecule has 1 saturated heterocycles. The molecule has 6 heteroatoms. The number of rotatable bonds is 2. The van der Waals surface area contributed by atoms with Gasteiger partial charge in [-0.3, -0.25) is 4.79 Å². The highest BCUT2D eigenvalue weighted by atomic mass is 16.3. The summed E-state index contributed by atoms with van der Waals surface area (Å²) in [7, 11) is 0. The molecule has 1 aliphatic heterocycles. The van der Waals surface area contributed by atoms with Gasteiger partial charge in [0.1, 0.15) is 5.11 Å². The number of β-amino-alcohol motifs (C(OH)–C–C–N with tert-alkyl or cyclic N) is 1. The lowest BCUT2D eigenvalue weighted by Crippen LogP contribution is -2.42. The Labute approximate surface area is 104 Å². The summed E-state index contributed by atoms with van der Waals surface area (Å²) in [5.41, 5.74) is 0.474. The summed E-state index contributed by atoms with van der Waals surface area (Å²) in [6.07, 6.45) is 0.129. The molecule has 18 heavy (non-hydrogen) atoms. The monoisotopic (exact) mass is 247 g/mol. The molecule has 1 amide bonds. The van der Waals surface area contributed by atoms with E-state index in [0.717, 1.165) is 6.54 Å². The van der Waals surface area contributed by atoms with Crippen LogP contribution in [0.2, 0.25) is 0 Å². The van der Waals surface area contributed by atoms with Crippen LogP contribution in [-0.4, -0.2) is 36.2 Å². The van der Waals surface area contributed by atoms with Crippen molar-refractivity contribution in [3.8, 4) is 0 Å². The van der Waals surface area contributed by atoms with Crippen molar-refractivity contribution in [2.75, 3.05) is 13.1 Å². The summed E-state index contributed by atoms with van der Waals surface area (Å²) in [4.78, 5) is 15.1. The molecule has 1 heterocycles. The van der Waals surface area contributed by atoms with E-state index in [1.807, 2.05) is 6.07 Å². The molecule has 2 unspecified atom stereocenters. The lowest BCUT2D eigenvalue weighted by molar-refractivity contribution is 0.0986. The number of aliphatic hydroxyl groups is 1. The topological polar surface area (TPSA) is 88.2 Å². The van der Waals surface area contributed by atoms with Crippen molar-refractivity contribution in [3.63, 3.8) is 0 Å². The molecular formula is C12H15N4O2+. The van der Waals surface area contributed by atoms with Gasteiger partial charge in [0.05, 0.1) is 6.10 Å². The average Bonchev–Trinajstić information content (AvgIpc) is 2.42. The van der Waals surface area contributed by atoms with Gasteiger partial charge < -0.3 is 10.4 Å². The molecule has 6 nitrogen and oxygen atoms in total. The van der Waals surface area contributed by atoms with Crippen molar-refractivity contribution in [2.45, 2.75) is 18.6 Å². The summed E-state index contributed by atoms with van der Waals surface area (Å²) in [5, 5.41) is 20.0. The Morgan fingerprint density at radius 1 is 1.39 bits per heavy atom. The number of carbonyl (C=O) groups is 1. The Morgan fingerprint density at radius 3 is 2.89 bits per heavy atom. The molecule has 0 spiro atoms. The molecular weight excluding hydrogens is 232 g/mol. The van der Waals surface area contributed by atoms with Gasteiger partial charge in [-0.15, -0.1) is 0 Å². The SMILES string of the molecule is O=C(N=[N+]=NC1CCNCC1O)c1ccccc1. The third-order valence-corrected chi connectivity index (χ3v) is 2.77. The van der Waals surface area contributed by atoms with Gasteiger partial charge in [0.15, 0.2) is 6.04 Å². The first-order valence-corrected chi connectivity index (χ1v) is 5.86. The van der Waals surface area contributed by atoms with Gasteiger partial charge in [-0.25, -0.2) is 0 Å². The fourth-order valence-electron chi connectivity index (χ4n) is 1.73. The summed E-state index contributed by atoms with van der Waals surface area (Å²) in [6, 6.07) is 8.40. The van der Waals surface area contributed by atoms with Crippen LogP contribution < -0.4 is 10.2 Å².